The number of hydrogen-bond acceptors (Lipinski definition) is 9. The summed E-state index contributed by atoms with van der Waals surface area (Å²) in [6.45, 7) is 6.09. The van der Waals surface area contributed by atoms with Crippen LogP contribution in [0.1, 0.15) is 47.8 Å². The fourth-order valence-electron chi connectivity index (χ4n) is 6.19. The molecule has 1 amide bonds. The first kappa shape index (κ1) is 51.6. The number of aromatic carboxylic acids is 1. The van der Waals surface area contributed by atoms with Crippen molar-refractivity contribution in [3.8, 4) is 0 Å². The van der Waals surface area contributed by atoms with Crippen LogP contribution in [-0.2, 0) is 9.23 Å². The number of aryl methyl sites for hydroxylation is 3. The molecule has 0 saturated heterocycles. The number of amides is 1. The standard InChI is InChI=1S/C18H16BNO3.C12H9ClO.C12H10O2.C6H8BNO2.Cl2OS/c1-12-5-6-14-10-15(8-7-13(14)9-12)18(21)20-17-4-2-3-16(11-17)19(22)23;2*1-8-2-3-10-7-11(12(13)14)5-4-9(10)6-8;8-6-3-1-2-5(4-6)7(9)10;1-4(2)3/h2-11,22-23H,1H3,(H,20,21);2-7H,1H3;2-7H,1H3,(H,13,14);1-4,9-10H,8H2;. The zero-order valence-electron chi connectivity index (χ0n) is 35.2. The molecule has 0 unspecified atom stereocenters. The highest BCUT2D eigenvalue weighted by atomic mass is 36.0. The first-order valence-electron chi connectivity index (χ1n) is 19.5. The van der Waals surface area contributed by atoms with Gasteiger partial charge in [0.25, 0.3) is 11.1 Å². The minimum absolute atomic E-state index is 0.239. The van der Waals surface area contributed by atoms with Crippen molar-refractivity contribution < 1.29 is 43.8 Å². The van der Waals surface area contributed by atoms with Gasteiger partial charge in [0.05, 0.1) is 5.56 Å². The molecule has 0 aromatic heterocycles. The summed E-state index contributed by atoms with van der Waals surface area (Å²) in [6.07, 6.45) is 0. The van der Waals surface area contributed by atoms with Gasteiger partial charge in [0.1, 0.15) is 0 Å². The molecule has 0 aliphatic carbocycles. The van der Waals surface area contributed by atoms with Crippen molar-refractivity contribution in [2.45, 2.75) is 20.8 Å². The summed E-state index contributed by atoms with van der Waals surface area (Å²) in [5, 5.41) is 53.1. The fraction of sp³-hybridized carbons (Fsp3) is 0.0625. The van der Waals surface area contributed by atoms with E-state index < -0.39 is 34.7 Å². The first-order valence-corrected chi connectivity index (χ1v) is 22.7. The number of carbonyl (C=O) groups is 3. The van der Waals surface area contributed by atoms with E-state index in [9.17, 15) is 24.4 Å². The van der Waals surface area contributed by atoms with Crippen LogP contribution in [0.3, 0.4) is 0 Å². The number of nitrogens with one attached hydrogen (secondary N) is 1. The number of halogens is 3. The van der Waals surface area contributed by atoms with Crippen LogP contribution in [0.5, 0.6) is 0 Å². The monoisotopic (exact) mass is 950 g/mol. The van der Waals surface area contributed by atoms with Crippen molar-refractivity contribution in [2.24, 2.45) is 0 Å². The minimum atomic E-state index is -1.67. The van der Waals surface area contributed by atoms with Crippen LogP contribution in [0.15, 0.2) is 158 Å². The molecule has 17 heteroatoms. The van der Waals surface area contributed by atoms with Crippen LogP contribution < -0.4 is 22.0 Å². The van der Waals surface area contributed by atoms with Crippen LogP contribution in [0.2, 0.25) is 0 Å². The van der Waals surface area contributed by atoms with Crippen molar-refractivity contribution >= 4 is 128 Å². The summed E-state index contributed by atoms with van der Waals surface area (Å²) in [5.41, 5.74) is 12.2. The Hall–Kier alpha value is -6.06. The molecule has 332 valence electrons. The Morgan fingerprint density at radius 2 is 0.892 bits per heavy atom. The van der Waals surface area contributed by atoms with E-state index in [0.717, 1.165) is 32.3 Å². The van der Waals surface area contributed by atoms with Crippen LogP contribution in [0.25, 0.3) is 32.3 Å². The molecule has 8 rings (SSSR count). The molecule has 65 heavy (non-hydrogen) atoms. The van der Waals surface area contributed by atoms with E-state index in [2.05, 4.69) is 38.8 Å². The number of benzene rings is 8. The molecule has 8 aromatic carbocycles. The van der Waals surface area contributed by atoms with E-state index in [0.29, 0.717) is 39.0 Å². The van der Waals surface area contributed by atoms with Gasteiger partial charge >= 0.3 is 20.2 Å². The molecular formula is C48H43B2Cl3N2O9S. The van der Waals surface area contributed by atoms with E-state index in [4.69, 9.17) is 36.7 Å². The van der Waals surface area contributed by atoms with Crippen LogP contribution in [-0.4, -0.2) is 60.8 Å². The Kier molecular flexibility index (Phi) is 19.7. The Morgan fingerprint density at radius 1 is 0.523 bits per heavy atom. The van der Waals surface area contributed by atoms with E-state index in [1.165, 1.54) is 28.8 Å². The quantitative estimate of drug-likeness (QED) is 0.0481. The number of carboxylic acids is 1. The second kappa shape index (κ2) is 24.9. The van der Waals surface area contributed by atoms with E-state index >= 15 is 0 Å². The number of carbonyl (C=O) groups excluding carboxylic acids is 2. The largest absolute Gasteiger partial charge is 0.488 e. The molecular weight excluding hydrogens is 909 g/mol. The van der Waals surface area contributed by atoms with Gasteiger partial charge in [-0.05, 0) is 136 Å². The zero-order valence-corrected chi connectivity index (χ0v) is 38.2. The maximum Gasteiger partial charge on any atom is 0.488 e. The lowest BCUT2D eigenvalue weighted by Gasteiger charge is -2.08. The molecule has 8 N–H and O–H groups in total. The highest BCUT2D eigenvalue weighted by molar-refractivity contribution is 8.26. The molecule has 0 fully saturated rings. The molecule has 8 aromatic rings. The summed E-state index contributed by atoms with van der Waals surface area (Å²) < 4.78 is 9.09. The van der Waals surface area contributed by atoms with Crippen LogP contribution in [0.4, 0.5) is 11.4 Å². The average Bonchev–Trinajstić information content (AvgIpc) is 3.26. The van der Waals surface area contributed by atoms with Gasteiger partial charge in [-0.3, -0.25) is 9.59 Å². The second-order valence-electron chi connectivity index (χ2n) is 14.5. The Balaban J connectivity index is 0.000000192. The number of carboxylic acid groups (broad SMARTS) is 1. The molecule has 0 radical (unpaired) electrons. The normalized spacial score (nSPS) is 10.2. The molecule has 0 heterocycles. The number of hydrogen-bond donors (Lipinski definition) is 7. The second-order valence-corrected chi connectivity index (χ2v) is 17.3. The predicted molar refractivity (Wildman–Crippen MR) is 268 cm³/mol. The SMILES string of the molecule is Cc1ccc2cc(C(=O)Cl)ccc2c1.Cc1ccc2cc(C(=O)Nc3cccc(B(O)O)c3)ccc2c1.Cc1ccc2cc(C(=O)O)ccc2c1.Nc1cccc(B(O)O)c1.O=S(Cl)Cl. The summed E-state index contributed by atoms with van der Waals surface area (Å²) in [4.78, 5) is 34.0. The molecule has 0 bridgehead atoms. The van der Waals surface area contributed by atoms with Crippen molar-refractivity contribution in [1.29, 1.82) is 0 Å². The maximum absolute atomic E-state index is 12.4. The van der Waals surface area contributed by atoms with E-state index in [-0.39, 0.29) is 5.91 Å². The Bertz CT molecular complexity index is 2880. The van der Waals surface area contributed by atoms with Gasteiger partial charge in [-0.15, -0.1) is 0 Å². The smallest absolute Gasteiger partial charge is 0.478 e. The molecule has 0 spiro atoms. The molecule has 0 aliphatic heterocycles. The van der Waals surface area contributed by atoms with Gasteiger partial charge in [-0.25, -0.2) is 9.00 Å². The number of nitrogen functional groups attached to an aromatic ring is 1. The van der Waals surface area contributed by atoms with Crippen molar-refractivity contribution in [2.75, 3.05) is 11.1 Å². The van der Waals surface area contributed by atoms with E-state index in [1.807, 2.05) is 93.6 Å². The zero-order chi connectivity index (χ0) is 47.8. The van der Waals surface area contributed by atoms with Crippen LogP contribution in [0, 0.1) is 20.8 Å². The summed E-state index contributed by atoms with van der Waals surface area (Å²) in [5.74, 6) is -1.12. The van der Waals surface area contributed by atoms with Crippen molar-refractivity contribution in [1.82, 2.24) is 0 Å². The molecule has 0 atom stereocenters. The third-order valence-corrected chi connectivity index (χ3v) is 9.59. The van der Waals surface area contributed by atoms with E-state index in [1.54, 1.807) is 60.7 Å². The lowest BCUT2D eigenvalue weighted by atomic mass is 9.80. The van der Waals surface area contributed by atoms with Gasteiger partial charge in [0.2, 0.25) is 9.23 Å². The van der Waals surface area contributed by atoms with Gasteiger partial charge in [-0.1, -0.05) is 114 Å². The summed E-state index contributed by atoms with van der Waals surface area (Å²) >= 11 is 5.40. The summed E-state index contributed by atoms with van der Waals surface area (Å²) in [6, 6.07) is 47.3. The average molecular weight is 952 g/mol. The molecule has 0 saturated carbocycles. The number of nitrogens with two attached hydrogens (primary N) is 1. The molecule has 11 nitrogen and oxygen atoms in total. The third kappa shape index (κ3) is 16.8. The lowest BCUT2D eigenvalue weighted by Crippen LogP contribution is -2.30. The molecule has 0 aliphatic rings. The third-order valence-electron chi connectivity index (χ3n) is 9.37. The number of rotatable bonds is 6. The highest BCUT2D eigenvalue weighted by Crippen LogP contribution is 2.21. The topological polar surface area (TPSA) is 207 Å². The van der Waals surface area contributed by atoms with Gasteiger partial charge in [0.15, 0.2) is 0 Å². The van der Waals surface area contributed by atoms with Crippen LogP contribution >= 0.6 is 33.0 Å². The number of fused-ring (bicyclic) bond motifs is 3. The van der Waals surface area contributed by atoms with Crippen molar-refractivity contribution in [3.63, 3.8) is 0 Å². The Labute approximate surface area is 392 Å². The fourth-order valence-corrected chi connectivity index (χ4v) is 6.31. The highest BCUT2D eigenvalue weighted by Gasteiger charge is 2.13. The lowest BCUT2D eigenvalue weighted by molar-refractivity contribution is 0.0696. The predicted octanol–water partition coefficient (Wildman–Crippen LogP) is 8.45. The minimum Gasteiger partial charge on any atom is -0.478 e. The van der Waals surface area contributed by atoms with Gasteiger partial charge < -0.3 is 36.3 Å². The Morgan fingerprint density at radius 3 is 1.31 bits per heavy atom. The van der Waals surface area contributed by atoms with Gasteiger partial charge in [0, 0.05) is 43.9 Å². The number of anilines is 2. The summed E-state index contributed by atoms with van der Waals surface area (Å²) in [7, 11) is 4.37. The van der Waals surface area contributed by atoms with Crippen molar-refractivity contribution in [3.05, 3.63) is 191 Å². The van der Waals surface area contributed by atoms with Gasteiger partial charge in [-0.2, -0.15) is 0 Å². The first-order chi connectivity index (χ1) is 30.8. The maximum atomic E-state index is 12.4.